The Kier molecular flexibility index (Phi) is 6.23. The van der Waals surface area contributed by atoms with E-state index in [0.29, 0.717) is 33.5 Å². The molecular formula is C24H24N2O5S. The van der Waals surface area contributed by atoms with Gasteiger partial charge in [-0.15, -0.1) is 0 Å². The molecule has 2 aliphatic rings. The first-order valence-corrected chi connectivity index (χ1v) is 11.0. The average molecular weight is 453 g/mol. The summed E-state index contributed by atoms with van der Waals surface area (Å²) in [5, 5.41) is 0.295. The van der Waals surface area contributed by atoms with Gasteiger partial charge in [-0.25, -0.2) is 9.79 Å². The minimum Gasteiger partial charge on any atom is -0.493 e. The third-order valence-corrected chi connectivity index (χ3v) is 6.47. The Labute approximate surface area is 191 Å². The van der Waals surface area contributed by atoms with Gasteiger partial charge in [-0.2, -0.15) is 0 Å². The van der Waals surface area contributed by atoms with Gasteiger partial charge in [-0.05, 0) is 37.1 Å². The predicted octanol–water partition coefficient (Wildman–Crippen LogP) is 4.10. The van der Waals surface area contributed by atoms with Gasteiger partial charge >= 0.3 is 5.97 Å². The highest BCUT2D eigenvalue weighted by molar-refractivity contribution is 8.15. The quantitative estimate of drug-likeness (QED) is 0.615. The second kappa shape index (κ2) is 9.08. The van der Waals surface area contributed by atoms with E-state index in [9.17, 15) is 9.59 Å². The highest BCUT2D eigenvalue weighted by Crippen LogP contribution is 2.44. The van der Waals surface area contributed by atoms with Crippen molar-refractivity contribution >= 4 is 28.8 Å². The summed E-state index contributed by atoms with van der Waals surface area (Å²) in [4.78, 5) is 32.5. The second-order valence-corrected chi connectivity index (χ2v) is 8.75. The minimum absolute atomic E-state index is 0.102. The third kappa shape index (κ3) is 3.98. The SMILES string of the molecule is COc1ccc([C@H]2C(C(=O)OCc3ccccc3)=C(C)N=C3S[C@H](C)C(=O)N32)cc1OC. The molecule has 1 fully saturated rings. The fourth-order valence-corrected chi connectivity index (χ4v) is 4.83. The van der Waals surface area contributed by atoms with Crippen molar-refractivity contribution in [3.8, 4) is 11.5 Å². The van der Waals surface area contributed by atoms with Crippen LogP contribution in [-0.4, -0.2) is 41.4 Å². The van der Waals surface area contributed by atoms with Gasteiger partial charge in [0, 0.05) is 0 Å². The van der Waals surface area contributed by atoms with Gasteiger partial charge in [0.1, 0.15) is 6.61 Å². The van der Waals surface area contributed by atoms with Crippen LogP contribution in [0.1, 0.15) is 31.0 Å². The number of aliphatic imine (C=N–C) groups is 1. The number of rotatable bonds is 6. The number of hydrogen-bond donors (Lipinski definition) is 0. The van der Waals surface area contributed by atoms with Crippen LogP contribution in [0.4, 0.5) is 0 Å². The molecule has 2 aromatic rings. The maximum absolute atomic E-state index is 13.3. The molecule has 2 aromatic carbocycles. The number of carbonyl (C=O) groups is 2. The number of fused-ring (bicyclic) bond motifs is 1. The molecule has 0 spiro atoms. The maximum atomic E-state index is 13.3. The zero-order valence-corrected chi connectivity index (χ0v) is 19.1. The van der Waals surface area contributed by atoms with E-state index in [2.05, 4.69) is 4.99 Å². The van der Waals surface area contributed by atoms with Crippen molar-refractivity contribution in [3.63, 3.8) is 0 Å². The molecular weight excluding hydrogens is 428 g/mol. The number of nitrogens with zero attached hydrogens (tertiary/aromatic N) is 2. The van der Waals surface area contributed by atoms with Crippen molar-refractivity contribution < 1.29 is 23.8 Å². The van der Waals surface area contributed by atoms with Crippen molar-refractivity contribution in [1.82, 2.24) is 4.90 Å². The van der Waals surface area contributed by atoms with Crippen molar-refractivity contribution in [2.24, 2.45) is 4.99 Å². The zero-order valence-electron chi connectivity index (χ0n) is 18.3. The van der Waals surface area contributed by atoms with Crippen LogP contribution < -0.4 is 9.47 Å². The number of esters is 1. The predicted molar refractivity (Wildman–Crippen MR) is 123 cm³/mol. The topological polar surface area (TPSA) is 77.4 Å². The number of thioether (sulfide) groups is 1. The molecule has 0 aromatic heterocycles. The lowest BCUT2D eigenvalue weighted by atomic mass is 9.94. The molecule has 0 aliphatic carbocycles. The van der Waals surface area contributed by atoms with Gasteiger partial charge in [0.05, 0.1) is 36.8 Å². The van der Waals surface area contributed by atoms with Gasteiger partial charge in [-0.3, -0.25) is 9.69 Å². The average Bonchev–Trinajstić information content (AvgIpc) is 3.09. The van der Waals surface area contributed by atoms with Crippen LogP contribution in [0.25, 0.3) is 0 Å². The Balaban J connectivity index is 1.75. The van der Waals surface area contributed by atoms with Crippen LogP contribution >= 0.6 is 11.8 Å². The molecule has 4 rings (SSSR count). The van der Waals surface area contributed by atoms with Crippen molar-refractivity contribution in [1.29, 1.82) is 0 Å². The fraction of sp³-hybridized carbons (Fsp3) is 0.292. The van der Waals surface area contributed by atoms with Crippen LogP contribution in [0.15, 0.2) is 64.8 Å². The molecule has 0 bridgehead atoms. The number of benzene rings is 2. The van der Waals surface area contributed by atoms with E-state index in [-0.39, 0.29) is 17.8 Å². The summed E-state index contributed by atoms with van der Waals surface area (Å²) in [5.41, 5.74) is 2.45. The summed E-state index contributed by atoms with van der Waals surface area (Å²) >= 11 is 1.39. The maximum Gasteiger partial charge on any atom is 0.338 e. The van der Waals surface area contributed by atoms with E-state index >= 15 is 0 Å². The molecule has 0 saturated carbocycles. The number of allylic oxidation sites excluding steroid dienone is 1. The fourth-order valence-electron chi connectivity index (χ4n) is 3.80. The first-order valence-electron chi connectivity index (χ1n) is 10.2. The zero-order chi connectivity index (χ0) is 22.8. The Hall–Kier alpha value is -3.26. The summed E-state index contributed by atoms with van der Waals surface area (Å²) in [6.45, 7) is 3.73. The Morgan fingerprint density at radius 2 is 1.81 bits per heavy atom. The largest absolute Gasteiger partial charge is 0.493 e. The lowest BCUT2D eigenvalue weighted by Gasteiger charge is -2.33. The Bertz CT molecular complexity index is 1110. The molecule has 8 heteroatoms. The van der Waals surface area contributed by atoms with Crippen LogP contribution in [0.5, 0.6) is 11.5 Å². The van der Waals surface area contributed by atoms with E-state index in [1.165, 1.54) is 11.8 Å². The summed E-state index contributed by atoms with van der Waals surface area (Å²) < 4.78 is 16.4. The lowest BCUT2D eigenvalue weighted by molar-refractivity contribution is -0.141. The highest BCUT2D eigenvalue weighted by atomic mass is 32.2. The Morgan fingerprint density at radius 1 is 1.09 bits per heavy atom. The molecule has 2 aliphatic heterocycles. The Morgan fingerprint density at radius 3 is 2.50 bits per heavy atom. The molecule has 0 N–H and O–H groups in total. The van der Waals surface area contributed by atoms with Crippen molar-refractivity contribution in [2.45, 2.75) is 31.7 Å². The van der Waals surface area contributed by atoms with Gasteiger partial charge in [0.15, 0.2) is 16.7 Å². The van der Waals surface area contributed by atoms with Crippen LogP contribution in [0.3, 0.4) is 0 Å². The van der Waals surface area contributed by atoms with E-state index in [1.807, 2.05) is 43.3 Å². The monoisotopic (exact) mass is 452 g/mol. The molecule has 0 unspecified atom stereocenters. The summed E-state index contributed by atoms with van der Waals surface area (Å²) in [6.07, 6.45) is 0. The standard InChI is InChI=1S/C24H24N2O5S/c1-14-20(23(28)31-13-16-8-6-5-7-9-16)21(26-22(27)15(2)32-24(26)25-14)17-10-11-18(29-3)19(12-17)30-4/h5-12,15,21H,13H2,1-4H3/t15-,21+/m1/s1. The molecule has 2 atom stereocenters. The summed E-state index contributed by atoms with van der Waals surface area (Å²) in [7, 11) is 3.10. The third-order valence-electron chi connectivity index (χ3n) is 5.41. The van der Waals surface area contributed by atoms with Gasteiger partial charge in [0.25, 0.3) is 0 Å². The summed E-state index contributed by atoms with van der Waals surface area (Å²) in [6, 6.07) is 14.2. The van der Waals surface area contributed by atoms with Crippen LogP contribution in [0.2, 0.25) is 0 Å². The van der Waals surface area contributed by atoms with Crippen LogP contribution in [-0.2, 0) is 20.9 Å². The number of carbonyl (C=O) groups excluding carboxylic acids is 2. The van der Waals surface area contributed by atoms with Gasteiger partial charge < -0.3 is 14.2 Å². The molecule has 7 nitrogen and oxygen atoms in total. The van der Waals surface area contributed by atoms with Gasteiger partial charge in [0.2, 0.25) is 5.91 Å². The molecule has 166 valence electrons. The van der Waals surface area contributed by atoms with Gasteiger partial charge in [-0.1, -0.05) is 48.2 Å². The molecule has 2 heterocycles. The number of amidine groups is 1. The second-order valence-electron chi connectivity index (χ2n) is 7.44. The van der Waals surface area contributed by atoms with E-state index in [0.717, 1.165) is 5.56 Å². The number of hydrogen-bond acceptors (Lipinski definition) is 7. The van der Waals surface area contributed by atoms with E-state index < -0.39 is 12.0 Å². The summed E-state index contributed by atoms with van der Waals surface area (Å²) in [5.74, 6) is 0.460. The van der Waals surface area contributed by atoms with Crippen molar-refractivity contribution in [2.75, 3.05) is 14.2 Å². The number of ether oxygens (including phenoxy) is 3. The number of methoxy groups -OCH3 is 2. The van der Waals surface area contributed by atoms with E-state index in [4.69, 9.17) is 14.2 Å². The molecule has 1 amide bonds. The molecule has 32 heavy (non-hydrogen) atoms. The normalized spacial score (nSPS) is 20.1. The van der Waals surface area contributed by atoms with E-state index in [1.54, 1.807) is 38.2 Å². The first kappa shape index (κ1) is 22.0. The van der Waals surface area contributed by atoms with Crippen LogP contribution in [0, 0.1) is 0 Å². The smallest absolute Gasteiger partial charge is 0.338 e. The molecule has 0 radical (unpaired) electrons. The highest BCUT2D eigenvalue weighted by Gasteiger charge is 2.46. The minimum atomic E-state index is -0.671. The molecule has 1 saturated heterocycles. The first-order chi connectivity index (χ1) is 15.4. The van der Waals surface area contributed by atoms with Crippen molar-refractivity contribution in [3.05, 3.63) is 70.9 Å². The number of amides is 1. The lowest BCUT2D eigenvalue weighted by Crippen LogP contribution is -2.40.